The summed E-state index contributed by atoms with van der Waals surface area (Å²) in [5, 5.41) is 22.2. The molecule has 4 heteroatoms. The summed E-state index contributed by atoms with van der Waals surface area (Å²) in [4.78, 5) is 14.9. The van der Waals surface area contributed by atoms with Gasteiger partial charge in [-0.2, -0.15) is 0 Å². The third kappa shape index (κ3) is 3.73. The molecule has 1 heterocycles. The van der Waals surface area contributed by atoms with Crippen LogP contribution in [0.2, 0.25) is 0 Å². The van der Waals surface area contributed by atoms with Crippen LogP contribution in [0.5, 0.6) is 5.75 Å². The molecule has 28 heavy (non-hydrogen) atoms. The molecular weight excluding hydrogens is 350 g/mol. The second kappa shape index (κ2) is 7.79. The Morgan fingerprint density at radius 3 is 2.79 bits per heavy atom. The molecule has 0 spiro atoms. The fourth-order valence-corrected chi connectivity index (χ4v) is 5.70. The highest BCUT2D eigenvalue weighted by atomic mass is 16.3. The fraction of sp³-hybridized carbons (Fsp3) is 0.708. The number of aromatic hydroxyl groups is 1. The number of phenols is 1. The average Bonchev–Trinajstić information content (AvgIpc) is 3.45. The molecule has 2 bridgehead atoms. The standard InChI is InChI=1S/C24H35NO3/c1-3-4-5-19(16(2)26)14-24(28)22-10-11-25(15-17-6-7-17)23(24)12-18-8-9-20(27)13-21(18)22/h8-9,13,17,19,22-23,27-28H,3-7,10-12,14-15H2,1-2H3. The van der Waals surface area contributed by atoms with Gasteiger partial charge >= 0.3 is 0 Å². The van der Waals surface area contributed by atoms with E-state index in [-0.39, 0.29) is 29.4 Å². The normalized spacial score (nSPS) is 30.7. The quantitative estimate of drug-likeness (QED) is 0.709. The van der Waals surface area contributed by atoms with Crippen molar-refractivity contribution in [2.24, 2.45) is 11.8 Å². The number of nitrogens with zero attached hydrogens (tertiary/aromatic N) is 1. The van der Waals surface area contributed by atoms with Crippen molar-refractivity contribution in [1.29, 1.82) is 0 Å². The third-order valence-corrected chi connectivity index (χ3v) is 7.49. The molecule has 4 atom stereocenters. The molecule has 4 nitrogen and oxygen atoms in total. The van der Waals surface area contributed by atoms with Gasteiger partial charge in [0, 0.05) is 24.4 Å². The highest BCUT2D eigenvalue weighted by molar-refractivity contribution is 5.78. The maximum Gasteiger partial charge on any atom is 0.133 e. The van der Waals surface area contributed by atoms with Gasteiger partial charge in [0.1, 0.15) is 11.5 Å². The smallest absolute Gasteiger partial charge is 0.133 e. The van der Waals surface area contributed by atoms with Crippen molar-refractivity contribution >= 4 is 5.78 Å². The predicted octanol–water partition coefficient (Wildman–Crippen LogP) is 4.03. The van der Waals surface area contributed by atoms with Crippen LogP contribution in [0.1, 0.15) is 75.8 Å². The first-order valence-corrected chi connectivity index (χ1v) is 11.2. The second-order valence-electron chi connectivity index (χ2n) is 9.53. The Morgan fingerprint density at radius 1 is 1.32 bits per heavy atom. The van der Waals surface area contributed by atoms with Gasteiger partial charge in [-0.05, 0) is 81.2 Å². The van der Waals surface area contributed by atoms with Crippen molar-refractivity contribution in [2.45, 2.75) is 82.8 Å². The lowest BCUT2D eigenvalue weighted by Crippen LogP contribution is -2.64. The number of unbranched alkanes of at least 4 members (excludes halogenated alkanes) is 1. The first-order valence-electron chi connectivity index (χ1n) is 11.2. The zero-order valence-electron chi connectivity index (χ0n) is 17.4. The lowest BCUT2D eigenvalue weighted by Gasteiger charge is -2.56. The van der Waals surface area contributed by atoms with E-state index in [4.69, 9.17) is 0 Å². The Morgan fingerprint density at radius 2 is 2.11 bits per heavy atom. The van der Waals surface area contributed by atoms with E-state index in [1.54, 1.807) is 13.0 Å². The predicted molar refractivity (Wildman–Crippen MR) is 111 cm³/mol. The highest BCUT2D eigenvalue weighted by Crippen LogP contribution is 2.51. The number of Topliss-reactive ketones (excluding diaryl/α,β-unsaturated/α-hetero) is 1. The van der Waals surface area contributed by atoms with Gasteiger partial charge in [-0.3, -0.25) is 9.69 Å². The SMILES string of the molecule is CCCCC(CC1(O)C2CCN(CC3CC3)C1Cc1ccc(O)cc12)C(C)=O. The van der Waals surface area contributed by atoms with Crippen molar-refractivity contribution in [3.8, 4) is 5.75 Å². The van der Waals surface area contributed by atoms with Gasteiger partial charge < -0.3 is 10.2 Å². The molecule has 0 radical (unpaired) electrons. The van der Waals surface area contributed by atoms with Crippen molar-refractivity contribution in [2.75, 3.05) is 13.1 Å². The summed E-state index contributed by atoms with van der Waals surface area (Å²) in [5.74, 6) is 1.19. The number of ketones is 1. The molecule has 0 aromatic heterocycles. The van der Waals surface area contributed by atoms with Crippen LogP contribution >= 0.6 is 0 Å². The average molecular weight is 386 g/mol. The summed E-state index contributed by atoms with van der Waals surface area (Å²) in [5.41, 5.74) is 1.46. The number of piperidine rings is 1. The van der Waals surface area contributed by atoms with E-state index in [0.717, 1.165) is 56.7 Å². The van der Waals surface area contributed by atoms with Crippen molar-refractivity contribution in [3.63, 3.8) is 0 Å². The molecule has 1 aromatic rings. The summed E-state index contributed by atoms with van der Waals surface area (Å²) in [7, 11) is 0. The molecule has 1 aliphatic heterocycles. The van der Waals surface area contributed by atoms with Gasteiger partial charge in [0.15, 0.2) is 0 Å². The molecule has 4 rings (SSSR count). The van der Waals surface area contributed by atoms with Crippen molar-refractivity contribution < 1.29 is 15.0 Å². The van der Waals surface area contributed by atoms with Crippen LogP contribution in [0.4, 0.5) is 0 Å². The lowest BCUT2D eigenvalue weighted by molar-refractivity contribution is -0.135. The number of carbonyl (C=O) groups excluding carboxylic acids is 1. The first kappa shape index (κ1) is 19.9. The lowest BCUT2D eigenvalue weighted by atomic mass is 9.61. The number of hydrogen-bond acceptors (Lipinski definition) is 4. The number of hydrogen-bond donors (Lipinski definition) is 2. The van der Waals surface area contributed by atoms with Gasteiger partial charge in [0.25, 0.3) is 0 Å². The molecule has 1 saturated carbocycles. The van der Waals surface area contributed by atoms with Gasteiger partial charge in [-0.25, -0.2) is 0 Å². The van der Waals surface area contributed by atoms with E-state index in [9.17, 15) is 15.0 Å². The first-order chi connectivity index (χ1) is 13.4. The number of phenolic OH excluding ortho intramolecular Hbond substituents is 1. The van der Waals surface area contributed by atoms with E-state index in [0.29, 0.717) is 6.42 Å². The second-order valence-corrected chi connectivity index (χ2v) is 9.53. The number of carbonyl (C=O) groups is 1. The summed E-state index contributed by atoms with van der Waals surface area (Å²) in [6, 6.07) is 5.73. The van der Waals surface area contributed by atoms with Gasteiger partial charge in [0.05, 0.1) is 5.60 Å². The zero-order chi connectivity index (χ0) is 19.9. The highest BCUT2D eigenvalue weighted by Gasteiger charge is 2.54. The molecule has 2 aliphatic carbocycles. The van der Waals surface area contributed by atoms with Crippen LogP contribution < -0.4 is 0 Å². The van der Waals surface area contributed by atoms with Crippen LogP contribution in [0.15, 0.2) is 18.2 Å². The minimum Gasteiger partial charge on any atom is -0.508 e. The van der Waals surface area contributed by atoms with Crippen molar-refractivity contribution in [1.82, 2.24) is 4.90 Å². The monoisotopic (exact) mass is 385 g/mol. The topological polar surface area (TPSA) is 60.8 Å². The third-order valence-electron chi connectivity index (χ3n) is 7.49. The largest absolute Gasteiger partial charge is 0.508 e. The molecule has 1 saturated heterocycles. The molecule has 3 aliphatic rings. The number of aliphatic hydroxyl groups is 1. The number of fused-ring (bicyclic) bond motifs is 4. The molecule has 2 fully saturated rings. The Hall–Kier alpha value is -1.39. The number of benzene rings is 1. The van der Waals surface area contributed by atoms with Crippen LogP contribution in [-0.4, -0.2) is 45.6 Å². The molecule has 1 aromatic carbocycles. The maximum atomic E-state index is 12.4. The summed E-state index contributed by atoms with van der Waals surface area (Å²) in [6.07, 6.45) is 7.84. The van der Waals surface area contributed by atoms with E-state index in [1.165, 1.54) is 18.4 Å². The maximum absolute atomic E-state index is 12.4. The molecule has 4 unspecified atom stereocenters. The van der Waals surface area contributed by atoms with Crippen LogP contribution in [-0.2, 0) is 11.2 Å². The summed E-state index contributed by atoms with van der Waals surface area (Å²) >= 11 is 0. The van der Waals surface area contributed by atoms with Crippen LogP contribution in [0, 0.1) is 11.8 Å². The van der Waals surface area contributed by atoms with Crippen LogP contribution in [0.3, 0.4) is 0 Å². The summed E-state index contributed by atoms with van der Waals surface area (Å²) < 4.78 is 0. The molecular formula is C24H35NO3. The summed E-state index contributed by atoms with van der Waals surface area (Å²) in [6.45, 7) is 5.91. The Balaban J connectivity index is 1.68. The Kier molecular flexibility index (Phi) is 5.54. The van der Waals surface area contributed by atoms with Crippen molar-refractivity contribution in [3.05, 3.63) is 29.3 Å². The Bertz CT molecular complexity index is 729. The minimum absolute atomic E-state index is 0.00674. The molecule has 2 N–H and O–H groups in total. The van der Waals surface area contributed by atoms with E-state index < -0.39 is 5.60 Å². The number of likely N-dealkylation sites (tertiary alicyclic amines) is 1. The Labute approximate surface area is 168 Å². The van der Waals surface area contributed by atoms with Gasteiger partial charge in [0.2, 0.25) is 0 Å². The van der Waals surface area contributed by atoms with E-state index in [2.05, 4.69) is 11.8 Å². The fourth-order valence-electron chi connectivity index (χ4n) is 5.70. The van der Waals surface area contributed by atoms with Gasteiger partial charge in [-0.1, -0.05) is 25.8 Å². The minimum atomic E-state index is -0.891. The zero-order valence-corrected chi connectivity index (χ0v) is 17.4. The van der Waals surface area contributed by atoms with Crippen LogP contribution in [0.25, 0.3) is 0 Å². The molecule has 0 amide bonds. The van der Waals surface area contributed by atoms with Gasteiger partial charge in [-0.15, -0.1) is 0 Å². The molecule has 154 valence electrons. The van der Waals surface area contributed by atoms with E-state index in [1.807, 2.05) is 12.1 Å². The number of rotatable bonds is 8. The van der Waals surface area contributed by atoms with E-state index >= 15 is 0 Å².